The molecule has 2 fully saturated rings. The predicted molar refractivity (Wildman–Crippen MR) is 63.1 cm³/mol. The second kappa shape index (κ2) is 3.85. The Morgan fingerprint density at radius 1 is 1.19 bits per heavy atom. The third-order valence-electron chi connectivity index (χ3n) is 3.87. The molecule has 88 valence electrons. The Kier molecular flexibility index (Phi) is 2.48. The molecular formula is C10H16N4OS. The molecule has 2 aliphatic rings. The maximum atomic E-state index is 11.6. The zero-order valence-corrected chi connectivity index (χ0v) is 9.92. The van der Waals surface area contributed by atoms with Gasteiger partial charge in [0.15, 0.2) is 4.77 Å². The van der Waals surface area contributed by atoms with Gasteiger partial charge in [0.05, 0.1) is 0 Å². The molecule has 1 aromatic heterocycles. The number of aromatic amines is 2. The summed E-state index contributed by atoms with van der Waals surface area (Å²) in [5.41, 5.74) is -0.0959. The lowest BCUT2D eigenvalue weighted by molar-refractivity contribution is 0.153. The summed E-state index contributed by atoms with van der Waals surface area (Å²) >= 11 is 5.14. The highest BCUT2D eigenvalue weighted by molar-refractivity contribution is 7.71. The first kappa shape index (κ1) is 10.3. The molecule has 16 heavy (non-hydrogen) atoms. The topological polar surface area (TPSA) is 56.8 Å². The summed E-state index contributed by atoms with van der Waals surface area (Å²) in [5.74, 6) is 0. The molecular weight excluding hydrogens is 224 g/mol. The Morgan fingerprint density at radius 3 is 2.81 bits per heavy atom. The monoisotopic (exact) mass is 240 g/mol. The van der Waals surface area contributed by atoms with Crippen LogP contribution in [0.5, 0.6) is 0 Å². The second-order valence-corrected chi connectivity index (χ2v) is 5.13. The number of nitrogens with one attached hydrogen (secondary N) is 2. The predicted octanol–water partition coefficient (Wildman–Crippen LogP) is 1.03. The molecule has 6 heteroatoms. The minimum Gasteiger partial charge on any atom is -0.300 e. The zero-order valence-electron chi connectivity index (χ0n) is 9.11. The van der Waals surface area contributed by atoms with Gasteiger partial charge in [-0.2, -0.15) is 0 Å². The van der Waals surface area contributed by atoms with Gasteiger partial charge in [-0.25, -0.2) is 9.89 Å². The van der Waals surface area contributed by atoms with E-state index in [1.165, 1.54) is 19.4 Å². The van der Waals surface area contributed by atoms with Crippen molar-refractivity contribution >= 4 is 12.2 Å². The van der Waals surface area contributed by atoms with Gasteiger partial charge in [0.2, 0.25) is 0 Å². The molecule has 3 heterocycles. The third kappa shape index (κ3) is 1.56. The molecule has 0 bridgehead atoms. The van der Waals surface area contributed by atoms with Gasteiger partial charge in [0, 0.05) is 18.6 Å². The maximum Gasteiger partial charge on any atom is 0.342 e. The fourth-order valence-corrected chi connectivity index (χ4v) is 3.37. The van der Waals surface area contributed by atoms with Crippen molar-refractivity contribution in [3.63, 3.8) is 0 Å². The highest BCUT2D eigenvalue weighted by Crippen LogP contribution is 2.32. The average molecular weight is 240 g/mol. The molecule has 2 N–H and O–H groups in total. The number of hydrogen-bond donors (Lipinski definition) is 2. The molecule has 3 rings (SSSR count). The molecule has 5 nitrogen and oxygen atoms in total. The van der Waals surface area contributed by atoms with E-state index < -0.39 is 0 Å². The first-order valence-electron chi connectivity index (χ1n) is 5.89. The van der Waals surface area contributed by atoms with E-state index in [1.54, 1.807) is 4.57 Å². The Morgan fingerprint density at radius 2 is 2.06 bits per heavy atom. The lowest BCUT2D eigenvalue weighted by atomic mass is 9.97. The van der Waals surface area contributed by atoms with E-state index in [0.29, 0.717) is 10.8 Å². The number of H-pyrrole nitrogens is 2. The maximum absolute atomic E-state index is 11.6. The Bertz CT molecular complexity index is 460. The average Bonchev–Trinajstić information content (AvgIpc) is 2.85. The van der Waals surface area contributed by atoms with Crippen LogP contribution in [0.15, 0.2) is 4.79 Å². The summed E-state index contributed by atoms with van der Waals surface area (Å²) in [6.07, 6.45) is 4.67. The number of nitrogens with zero attached hydrogens (tertiary/aromatic N) is 2. The van der Waals surface area contributed by atoms with Crippen LogP contribution in [0.2, 0.25) is 0 Å². The SMILES string of the molecule is O=c1[nH][nH]c(=S)n1C1CCN2CCCC2C1. The summed E-state index contributed by atoms with van der Waals surface area (Å²) in [5, 5.41) is 5.28. The quantitative estimate of drug-likeness (QED) is 0.721. The number of fused-ring (bicyclic) bond motifs is 1. The number of aromatic nitrogens is 3. The van der Waals surface area contributed by atoms with Gasteiger partial charge in [0.1, 0.15) is 0 Å². The molecule has 2 saturated heterocycles. The molecule has 0 amide bonds. The molecule has 2 aliphatic heterocycles. The van der Waals surface area contributed by atoms with Crippen molar-refractivity contribution in [3.8, 4) is 0 Å². The Balaban J connectivity index is 1.87. The van der Waals surface area contributed by atoms with E-state index in [0.717, 1.165) is 19.4 Å². The third-order valence-corrected chi connectivity index (χ3v) is 4.17. The van der Waals surface area contributed by atoms with Crippen molar-refractivity contribution in [2.24, 2.45) is 0 Å². The summed E-state index contributed by atoms with van der Waals surface area (Å²) < 4.78 is 2.24. The molecule has 0 aliphatic carbocycles. The van der Waals surface area contributed by atoms with Crippen molar-refractivity contribution in [1.29, 1.82) is 0 Å². The van der Waals surface area contributed by atoms with Crippen molar-refractivity contribution in [1.82, 2.24) is 19.7 Å². The van der Waals surface area contributed by atoms with Crippen LogP contribution in [0.1, 0.15) is 31.7 Å². The normalized spacial score (nSPS) is 30.5. The minimum atomic E-state index is -0.0959. The van der Waals surface area contributed by atoms with E-state index in [9.17, 15) is 4.79 Å². The van der Waals surface area contributed by atoms with Crippen LogP contribution in [-0.2, 0) is 0 Å². The largest absolute Gasteiger partial charge is 0.342 e. The molecule has 0 aromatic carbocycles. The van der Waals surface area contributed by atoms with Crippen LogP contribution < -0.4 is 5.69 Å². The van der Waals surface area contributed by atoms with Crippen LogP contribution in [-0.4, -0.2) is 38.8 Å². The van der Waals surface area contributed by atoms with Crippen molar-refractivity contribution in [3.05, 3.63) is 15.3 Å². The van der Waals surface area contributed by atoms with Crippen LogP contribution in [0, 0.1) is 4.77 Å². The van der Waals surface area contributed by atoms with Crippen molar-refractivity contribution in [2.45, 2.75) is 37.8 Å². The van der Waals surface area contributed by atoms with Crippen LogP contribution in [0.25, 0.3) is 0 Å². The van der Waals surface area contributed by atoms with Crippen LogP contribution >= 0.6 is 12.2 Å². The van der Waals surface area contributed by atoms with Gasteiger partial charge in [0.25, 0.3) is 0 Å². The van der Waals surface area contributed by atoms with E-state index in [-0.39, 0.29) is 11.7 Å². The van der Waals surface area contributed by atoms with E-state index in [2.05, 4.69) is 15.1 Å². The summed E-state index contributed by atoms with van der Waals surface area (Å²) in [6.45, 7) is 2.33. The van der Waals surface area contributed by atoms with Gasteiger partial charge >= 0.3 is 5.69 Å². The van der Waals surface area contributed by atoms with Crippen LogP contribution in [0.4, 0.5) is 0 Å². The standard InChI is InChI=1S/C10H16N4OS/c15-9-11-12-10(16)14(9)8-3-5-13-4-1-2-7(13)6-8/h7-8H,1-6H2,(H,11,15)(H,12,16). The molecule has 1 aromatic rings. The highest BCUT2D eigenvalue weighted by Gasteiger charge is 2.33. The van der Waals surface area contributed by atoms with Gasteiger partial charge in [-0.3, -0.25) is 9.67 Å². The minimum absolute atomic E-state index is 0.0959. The van der Waals surface area contributed by atoms with Gasteiger partial charge in [-0.1, -0.05) is 0 Å². The second-order valence-electron chi connectivity index (χ2n) is 4.74. The molecule has 2 atom stereocenters. The summed E-state index contributed by atoms with van der Waals surface area (Å²) in [6, 6.07) is 0.941. The van der Waals surface area contributed by atoms with Crippen molar-refractivity contribution < 1.29 is 0 Å². The molecule has 0 spiro atoms. The van der Waals surface area contributed by atoms with Gasteiger partial charge in [-0.05, 0) is 44.4 Å². The highest BCUT2D eigenvalue weighted by atomic mass is 32.1. The first-order valence-corrected chi connectivity index (χ1v) is 6.30. The smallest absolute Gasteiger partial charge is 0.300 e. The fourth-order valence-electron chi connectivity index (χ4n) is 3.09. The lowest BCUT2D eigenvalue weighted by Crippen LogP contribution is -2.40. The number of piperidine rings is 1. The van der Waals surface area contributed by atoms with E-state index >= 15 is 0 Å². The van der Waals surface area contributed by atoms with E-state index in [4.69, 9.17) is 12.2 Å². The van der Waals surface area contributed by atoms with Gasteiger partial charge in [-0.15, -0.1) is 0 Å². The summed E-state index contributed by atoms with van der Waals surface area (Å²) in [7, 11) is 0. The molecule has 0 radical (unpaired) electrons. The summed E-state index contributed by atoms with van der Waals surface area (Å²) in [4.78, 5) is 14.2. The van der Waals surface area contributed by atoms with E-state index in [1.807, 2.05) is 0 Å². The van der Waals surface area contributed by atoms with Crippen molar-refractivity contribution in [2.75, 3.05) is 13.1 Å². The van der Waals surface area contributed by atoms with Gasteiger partial charge < -0.3 is 4.90 Å². The first-order chi connectivity index (χ1) is 7.75. The zero-order chi connectivity index (χ0) is 11.1. The Hall–Kier alpha value is -0.880. The fraction of sp³-hybridized carbons (Fsp3) is 0.800. The Labute approximate surface area is 98.4 Å². The number of rotatable bonds is 1. The number of hydrogen-bond acceptors (Lipinski definition) is 3. The molecule has 2 unspecified atom stereocenters. The lowest BCUT2D eigenvalue weighted by Gasteiger charge is -2.34. The van der Waals surface area contributed by atoms with Crippen LogP contribution in [0.3, 0.4) is 0 Å². The molecule has 0 saturated carbocycles.